The summed E-state index contributed by atoms with van der Waals surface area (Å²) in [6, 6.07) is 15.4. The van der Waals surface area contributed by atoms with Crippen LogP contribution in [0.25, 0.3) is 0 Å². The third-order valence-corrected chi connectivity index (χ3v) is 7.53. The molecule has 0 aromatic heterocycles. The van der Waals surface area contributed by atoms with Gasteiger partial charge in [-0.05, 0) is 68.0 Å². The number of sulfonamides is 1. The molecule has 28 heavy (non-hydrogen) atoms. The van der Waals surface area contributed by atoms with Crippen LogP contribution in [0.5, 0.6) is 0 Å². The fourth-order valence-electron chi connectivity index (χ4n) is 3.70. The van der Waals surface area contributed by atoms with Gasteiger partial charge in [0.15, 0.2) is 0 Å². The monoisotopic (exact) mass is 400 g/mol. The van der Waals surface area contributed by atoms with Gasteiger partial charge in [0.05, 0.1) is 10.6 Å². The van der Waals surface area contributed by atoms with Crippen molar-refractivity contribution >= 4 is 21.6 Å². The number of benzene rings is 2. The van der Waals surface area contributed by atoms with Gasteiger partial charge in [0, 0.05) is 25.7 Å². The molecule has 1 amide bonds. The van der Waals surface area contributed by atoms with Crippen LogP contribution in [0.4, 0.5) is 5.69 Å². The zero-order chi connectivity index (χ0) is 20.3. The van der Waals surface area contributed by atoms with E-state index in [0.29, 0.717) is 11.3 Å². The van der Waals surface area contributed by atoms with Gasteiger partial charge in [0.1, 0.15) is 0 Å². The van der Waals surface area contributed by atoms with Crippen LogP contribution in [-0.4, -0.2) is 39.4 Å². The molecule has 2 aromatic rings. The largest absolute Gasteiger partial charge is 0.339 e. The van der Waals surface area contributed by atoms with Crippen molar-refractivity contribution in [2.75, 3.05) is 18.4 Å². The van der Waals surface area contributed by atoms with Crippen molar-refractivity contribution in [2.24, 2.45) is 5.92 Å². The van der Waals surface area contributed by atoms with Crippen LogP contribution >= 0.6 is 0 Å². The highest BCUT2D eigenvalue weighted by atomic mass is 32.2. The Morgan fingerprint density at radius 2 is 1.46 bits per heavy atom. The van der Waals surface area contributed by atoms with Crippen LogP contribution in [0.2, 0.25) is 0 Å². The molecule has 2 aromatic carbocycles. The average Bonchev–Trinajstić information content (AvgIpc) is 2.73. The number of rotatable bonds is 5. The Kier molecular flexibility index (Phi) is 6.08. The van der Waals surface area contributed by atoms with Crippen LogP contribution in [0.1, 0.15) is 43.0 Å². The van der Waals surface area contributed by atoms with Crippen molar-refractivity contribution in [1.82, 2.24) is 4.90 Å². The normalized spacial score (nSPS) is 19.8. The molecule has 0 heterocycles. The van der Waals surface area contributed by atoms with Crippen LogP contribution in [0.15, 0.2) is 59.5 Å². The summed E-state index contributed by atoms with van der Waals surface area (Å²) in [7, 11) is -0.300. The number of nitrogens with zero attached hydrogens (tertiary/aromatic N) is 2. The van der Waals surface area contributed by atoms with Crippen molar-refractivity contribution in [3.05, 3.63) is 60.2 Å². The highest BCUT2D eigenvalue weighted by Gasteiger charge is 2.26. The summed E-state index contributed by atoms with van der Waals surface area (Å²) in [5, 5.41) is 0. The zero-order valence-corrected chi connectivity index (χ0v) is 17.5. The molecule has 0 spiro atoms. The standard InChI is InChI=1S/C22H28N2O3S/c1-17-9-13-19(14-10-17)23(2)22(25)18-11-15-21(16-12-18)28(26,27)24(3)20-7-5-4-6-8-20/h4-8,11-12,15-17,19H,9-10,13-14H2,1-3H3. The molecule has 0 unspecified atom stereocenters. The number of hydrogen-bond acceptors (Lipinski definition) is 3. The van der Waals surface area contributed by atoms with E-state index in [2.05, 4.69) is 6.92 Å². The smallest absolute Gasteiger partial charge is 0.264 e. The first-order chi connectivity index (χ1) is 13.3. The fourth-order valence-corrected chi connectivity index (χ4v) is 4.90. The van der Waals surface area contributed by atoms with Gasteiger partial charge in [-0.3, -0.25) is 9.10 Å². The molecule has 150 valence electrons. The number of amides is 1. The molecular formula is C22H28N2O3S. The average molecular weight is 401 g/mol. The molecule has 1 aliphatic carbocycles. The van der Waals surface area contributed by atoms with Crippen LogP contribution < -0.4 is 4.31 Å². The van der Waals surface area contributed by atoms with Crippen LogP contribution in [-0.2, 0) is 10.0 Å². The van der Waals surface area contributed by atoms with Crippen molar-refractivity contribution < 1.29 is 13.2 Å². The molecule has 0 bridgehead atoms. The summed E-state index contributed by atoms with van der Waals surface area (Å²) in [5.41, 5.74) is 1.11. The number of para-hydroxylation sites is 1. The van der Waals surface area contributed by atoms with E-state index >= 15 is 0 Å². The Morgan fingerprint density at radius 1 is 0.893 bits per heavy atom. The molecule has 5 nitrogen and oxygen atoms in total. The van der Waals surface area contributed by atoms with E-state index in [-0.39, 0.29) is 16.8 Å². The van der Waals surface area contributed by atoms with E-state index in [1.165, 1.54) is 23.5 Å². The maximum Gasteiger partial charge on any atom is 0.264 e. The van der Waals surface area contributed by atoms with Gasteiger partial charge in [-0.1, -0.05) is 25.1 Å². The Balaban J connectivity index is 1.74. The summed E-state index contributed by atoms with van der Waals surface area (Å²) >= 11 is 0. The van der Waals surface area contributed by atoms with Gasteiger partial charge in [0.2, 0.25) is 0 Å². The molecule has 0 N–H and O–H groups in total. The van der Waals surface area contributed by atoms with Gasteiger partial charge < -0.3 is 4.90 Å². The third kappa shape index (κ3) is 4.22. The molecule has 1 fully saturated rings. The second-order valence-corrected chi connectivity index (χ2v) is 9.63. The Morgan fingerprint density at radius 3 is 2.04 bits per heavy atom. The summed E-state index contributed by atoms with van der Waals surface area (Å²) in [6.45, 7) is 2.25. The fraction of sp³-hybridized carbons (Fsp3) is 0.409. The van der Waals surface area contributed by atoms with Crippen molar-refractivity contribution in [2.45, 2.75) is 43.5 Å². The predicted octanol–water partition coefficient (Wildman–Crippen LogP) is 4.16. The number of hydrogen-bond donors (Lipinski definition) is 0. The topological polar surface area (TPSA) is 57.7 Å². The maximum absolute atomic E-state index is 12.9. The lowest BCUT2D eigenvalue weighted by Gasteiger charge is -2.33. The van der Waals surface area contributed by atoms with E-state index in [0.717, 1.165) is 31.6 Å². The van der Waals surface area contributed by atoms with Gasteiger partial charge in [-0.15, -0.1) is 0 Å². The van der Waals surface area contributed by atoms with Gasteiger partial charge in [-0.25, -0.2) is 8.42 Å². The SMILES string of the molecule is CC1CCC(N(C)C(=O)c2ccc(S(=O)(=O)N(C)c3ccccc3)cc2)CC1. The quantitative estimate of drug-likeness (QED) is 0.757. The molecule has 0 aliphatic heterocycles. The first-order valence-electron chi connectivity index (χ1n) is 9.72. The lowest BCUT2D eigenvalue weighted by Crippen LogP contribution is -2.39. The van der Waals surface area contributed by atoms with Crippen LogP contribution in [0, 0.1) is 5.92 Å². The minimum atomic E-state index is -3.67. The predicted molar refractivity (Wildman–Crippen MR) is 112 cm³/mol. The van der Waals surface area contributed by atoms with Gasteiger partial charge in [-0.2, -0.15) is 0 Å². The zero-order valence-electron chi connectivity index (χ0n) is 16.7. The molecule has 1 aliphatic rings. The second-order valence-electron chi connectivity index (χ2n) is 7.66. The van der Waals surface area contributed by atoms with Crippen molar-refractivity contribution in [3.63, 3.8) is 0 Å². The lowest BCUT2D eigenvalue weighted by atomic mass is 9.86. The first kappa shape index (κ1) is 20.4. The molecule has 1 saturated carbocycles. The molecule has 3 rings (SSSR count). The van der Waals surface area contributed by atoms with E-state index in [9.17, 15) is 13.2 Å². The first-order valence-corrected chi connectivity index (χ1v) is 11.2. The highest BCUT2D eigenvalue weighted by molar-refractivity contribution is 7.92. The number of anilines is 1. The third-order valence-electron chi connectivity index (χ3n) is 5.73. The molecule has 0 atom stereocenters. The van der Waals surface area contributed by atoms with E-state index in [1.54, 1.807) is 36.4 Å². The molecule has 6 heteroatoms. The Bertz CT molecular complexity index is 903. The summed E-state index contributed by atoms with van der Waals surface area (Å²) < 4.78 is 27.0. The van der Waals surface area contributed by atoms with E-state index < -0.39 is 10.0 Å². The van der Waals surface area contributed by atoms with Gasteiger partial charge >= 0.3 is 0 Å². The number of carbonyl (C=O) groups excluding carboxylic acids is 1. The lowest BCUT2D eigenvalue weighted by molar-refractivity contribution is 0.0679. The minimum absolute atomic E-state index is 0.0556. The van der Waals surface area contributed by atoms with Gasteiger partial charge in [0.25, 0.3) is 15.9 Å². The molecule has 0 saturated heterocycles. The highest BCUT2D eigenvalue weighted by Crippen LogP contribution is 2.27. The van der Waals surface area contributed by atoms with E-state index in [1.807, 2.05) is 18.0 Å². The van der Waals surface area contributed by atoms with E-state index in [4.69, 9.17) is 0 Å². The Hall–Kier alpha value is -2.34. The van der Waals surface area contributed by atoms with Crippen molar-refractivity contribution in [3.8, 4) is 0 Å². The Labute approximate surface area is 168 Å². The van der Waals surface area contributed by atoms with Crippen LogP contribution in [0.3, 0.4) is 0 Å². The summed E-state index contributed by atoms with van der Waals surface area (Å²) in [4.78, 5) is 14.8. The molecule has 0 radical (unpaired) electrons. The molecular weight excluding hydrogens is 372 g/mol. The van der Waals surface area contributed by atoms with Crippen molar-refractivity contribution in [1.29, 1.82) is 0 Å². The summed E-state index contributed by atoms with van der Waals surface area (Å²) in [6.07, 6.45) is 4.34. The number of carbonyl (C=O) groups is 1. The summed E-state index contributed by atoms with van der Waals surface area (Å²) in [5.74, 6) is 0.672. The second kappa shape index (κ2) is 8.35. The maximum atomic E-state index is 12.9. The minimum Gasteiger partial charge on any atom is -0.339 e.